The Morgan fingerprint density at radius 2 is 2.30 bits per heavy atom. The molecule has 106 valence electrons. The zero-order valence-electron chi connectivity index (χ0n) is 11.9. The number of hydrogen-bond donors (Lipinski definition) is 1. The van der Waals surface area contributed by atoms with Crippen LogP contribution in [0.1, 0.15) is 36.4 Å². The maximum atomic E-state index is 4.71. The van der Waals surface area contributed by atoms with Crippen molar-refractivity contribution < 1.29 is 0 Å². The summed E-state index contributed by atoms with van der Waals surface area (Å²) in [4.78, 5) is 12.6. The van der Waals surface area contributed by atoms with Crippen LogP contribution in [0.4, 0.5) is 5.82 Å². The normalized spacial score (nSPS) is 16.1. The summed E-state index contributed by atoms with van der Waals surface area (Å²) >= 11 is 1.78. The molecule has 3 rings (SSSR count). The number of nitrogens with zero attached hydrogens (tertiary/aromatic N) is 3. The van der Waals surface area contributed by atoms with E-state index < -0.39 is 0 Å². The van der Waals surface area contributed by atoms with Crippen molar-refractivity contribution in [1.29, 1.82) is 0 Å². The van der Waals surface area contributed by atoms with E-state index in [1.807, 2.05) is 12.4 Å². The minimum Gasteiger partial charge on any atom is -0.351 e. The molecule has 2 aromatic heterocycles. The van der Waals surface area contributed by atoms with Crippen molar-refractivity contribution in [2.24, 2.45) is 0 Å². The molecule has 1 fully saturated rings. The minimum absolute atomic E-state index is 0.316. The zero-order valence-corrected chi connectivity index (χ0v) is 12.7. The topological polar surface area (TPSA) is 41.1 Å². The monoisotopic (exact) mass is 288 g/mol. The molecule has 1 aliphatic rings. The van der Waals surface area contributed by atoms with Gasteiger partial charge in [-0.05, 0) is 31.2 Å². The molecule has 0 spiro atoms. The Hall–Kier alpha value is -1.46. The molecule has 0 aromatic carbocycles. The molecule has 1 unspecified atom stereocenters. The molecule has 0 bridgehead atoms. The van der Waals surface area contributed by atoms with Gasteiger partial charge >= 0.3 is 0 Å². The second-order valence-corrected chi connectivity index (χ2v) is 6.31. The number of hydrogen-bond acceptors (Lipinski definition) is 5. The van der Waals surface area contributed by atoms with E-state index in [1.165, 1.54) is 17.7 Å². The highest BCUT2D eigenvalue weighted by molar-refractivity contribution is 7.10. The summed E-state index contributed by atoms with van der Waals surface area (Å²) in [7, 11) is 2.08. The fraction of sp³-hybridized carbons (Fsp3) is 0.467. The third-order valence-corrected chi connectivity index (χ3v) is 4.76. The summed E-state index contributed by atoms with van der Waals surface area (Å²) in [5, 5.41) is 5.59. The maximum Gasteiger partial charge on any atom is 0.147 e. The lowest BCUT2D eigenvalue weighted by molar-refractivity contribution is 0.666. The Morgan fingerprint density at radius 3 is 3.00 bits per heavy atom. The van der Waals surface area contributed by atoms with E-state index >= 15 is 0 Å². The van der Waals surface area contributed by atoms with Gasteiger partial charge in [-0.3, -0.25) is 4.98 Å². The number of thiophene rings is 1. The number of anilines is 1. The average Bonchev–Trinajstić information content (AvgIpc) is 3.15. The predicted octanol–water partition coefficient (Wildman–Crippen LogP) is 2.99. The number of rotatable bonds is 6. The maximum absolute atomic E-state index is 4.71. The van der Waals surface area contributed by atoms with Gasteiger partial charge in [0.1, 0.15) is 5.82 Å². The lowest BCUT2D eigenvalue weighted by atomic mass is 10.2. The molecule has 1 saturated carbocycles. The van der Waals surface area contributed by atoms with E-state index in [9.17, 15) is 0 Å². The summed E-state index contributed by atoms with van der Waals surface area (Å²) in [6.45, 7) is 3.01. The van der Waals surface area contributed by atoms with Gasteiger partial charge < -0.3 is 10.2 Å². The van der Waals surface area contributed by atoms with Gasteiger partial charge in [-0.25, -0.2) is 4.98 Å². The van der Waals surface area contributed by atoms with Crippen LogP contribution in [0, 0.1) is 0 Å². The van der Waals surface area contributed by atoms with Gasteiger partial charge in [-0.15, -0.1) is 11.3 Å². The fourth-order valence-corrected chi connectivity index (χ4v) is 2.93. The molecule has 0 saturated heterocycles. The molecule has 20 heavy (non-hydrogen) atoms. The highest BCUT2D eigenvalue weighted by Gasteiger charge is 2.20. The third-order valence-electron chi connectivity index (χ3n) is 3.72. The smallest absolute Gasteiger partial charge is 0.147 e. The van der Waals surface area contributed by atoms with Gasteiger partial charge in [-0.1, -0.05) is 6.07 Å². The predicted molar refractivity (Wildman–Crippen MR) is 83.0 cm³/mol. The standard InChI is InChI=1S/C15H20N4S/c1-11(14-4-3-7-20-14)19(2)15-10-16-8-13(18-15)9-17-12-5-6-12/h3-4,7-8,10-12,17H,5-6,9H2,1-2H3. The Morgan fingerprint density at radius 1 is 1.45 bits per heavy atom. The van der Waals surface area contributed by atoms with Crippen molar-refractivity contribution in [3.63, 3.8) is 0 Å². The van der Waals surface area contributed by atoms with Crippen LogP contribution in [0.15, 0.2) is 29.9 Å². The van der Waals surface area contributed by atoms with Crippen LogP contribution in [0.3, 0.4) is 0 Å². The minimum atomic E-state index is 0.316. The lowest BCUT2D eigenvalue weighted by Crippen LogP contribution is -2.23. The van der Waals surface area contributed by atoms with Crippen LogP contribution in [0.5, 0.6) is 0 Å². The molecule has 1 N–H and O–H groups in total. The first-order valence-electron chi connectivity index (χ1n) is 7.04. The van der Waals surface area contributed by atoms with E-state index in [0.717, 1.165) is 18.1 Å². The highest BCUT2D eigenvalue weighted by atomic mass is 32.1. The molecule has 1 aliphatic carbocycles. The van der Waals surface area contributed by atoms with Crippen LogP contribution < -0.4 is 10.2 Å². The van der Waals surface area contributed by atoms with E-state index in [4.69, 9.17) is 4.98 Å². The van der Waals surface area contributed by atoms with Crippen LogP contribution in [0.2, 0.25) is 0 Å². The average molecular weight is 288 g/mol. The molecule has 0 aliphatic heterocycles. The molecular formula is C15H20N4S. The molecule has 2 aromatic rings. The first-order chi connectivity index (χ1) is 9.74. The van der Waals surface area contributed by atoms with Gasteiger partial charge in [0.2, 0.25) is 0 Å². The van der Waals surface area contributed by atoms with E-state index in [1.54, 1.807) is 11.3 Å². The van der Waals surface area contributed by atoms with Crippen molar-refractivity contribution in [3.8, 4) is 0 Å². The second kappa shape index (κ2) is 5.89. The summed E-state index contributed by atoms with van der Waals surface area (Å²) in [6, 6.07) is 5.27. The van der Waals surface area contributed by atoms with Crippen molar-refractivity contribution in [2.75, 3.05) is 11.9 Å². The summed E-state index contributed by atoms with van der Waals surface area (Å²) in [5.74, 6) is 0.931. The summed E-state index contributed by atoms with van der Waals surface area (Å²) < 4.78 is 0. The summed E-state index contributed by atoms with van der Waals surface area (Å²) in [5.41, 5.74) is 1.01. The molecule has 2 heterocycles. The Kier molecular flexibility index (Phi) is 3.98. The van der Waals surface area contributed by atoms with Gasteiger partial charge in [0, 0.05) is 30.7 Å². The van der Waals surface area contributed by atoms with Gasteiger partial charge in [0.05, 0.1) is 17.9 Å². The Labute approximate surface area is 123 Å². The zero-order chi connectivity index (χ0) is 13.9. The molecule has 0 radical (unpaired) electrons. The SMILES string of the molecule is CC(c1cccs1)N(C)c1cncc(CNC2CC2)n1. The molecular weight excluding hydrogens is 268 g/mol. The highest BCUT2D eigenvalue weighted by Crippen LogP contribution is 2.26. The first-order valence-corrected chi connectivity index (χ1v) is 7.92. The van der Waals surface area contributed by atoms with Crippen LogP contribution in [-0.2, 0) is 6.54 Å². The summed E-state index contributed by atoms with van der Waals surface area (Å²) in [6.07, 6.45) is 6.28. The Bertz CT molecular complexity index is 551. The van der Waals surface area contributed by atoms with E-state index in [-0.39, 0.29) is 0 Å². The van der Waals surface area contributed by atoms with E-state index in [2.05, 4.69) is 46.7 Å². The Balaban J connectivity index is 1.69. The van der Waals surface area contributed by atoms with Gasteiger partial charge in [0.25, 0.3) is 0 Å². The van der Waals surface area contributed by atoms with Crippen LogP contribution >= 0.6 is 11.3 Å². The first kappa shape index (κ1) is 13.5. The van der Waals surface area contributed by atoms with E-state index in [0.29, 0.717) is 12.1 Å². The van der Waals surface area contributed by atoms with Crippen molar-refractivity contribution in [1.82, 2.24) is 15.3 Å². The quantitative estimate of drug-likeness (QED) is 0.887. The van der Waals surface area contributed by atoms with Gasteiger partial charge in [0.15, 0.2) is 0 Å². The fourth-order valence-electron chi connectivity index (χ4n) is 2.10. The number of nitrogens with one attached hydrogen (secondary N) is 1. The van der Waals surface area contributed by atoms with Gasteiger partial charge in [-0.2, -0.15) is 0 Å². The molecule has 0 amide bonds. The van der Waals surface area contributed by atoms with Crippen molar-refractivity contribution in [3.05, 3.63) is 40.5 Å². The van der Waals surface area contributed by atoms with Crippen molar-refractivity contribution in [2.45, 2.75) is 38.4 Å². The largest absolute Gasteiger partial charge is 0.351 e. The lowest BCUT2D eigenvalue weighted by Gasteiger charge is -2.25. The second-order valence-electron chi connectivity index (χ2n) is 5.33. The van der Waals surface area contributed by atoms with Crippen LogP contribution in [0.25, 0.3) is 0 Å². The molecule has 4 nitrogen and oxygen atoms in total. The molecule has 5 heteroatoms. The van der Waals surface area contributed by atoms with Crippen molar-refractivity contribution >= 4 is 17.2 Å². The number of aromatic nitrogens is 2. The third kappa shape index (κ3) is 3.16. The van der Waals surface area contributed by atoms with Crippen LogP contribution in [-0.4, -0.2) is 23.1 Å². The molecule has 1 atom stereocenters.